The second-order valence-electron chi connectivity index (χ2n) is 9.17. The van der Waals surface area contributed by atoms with Crippen LogP contribution in [0.2, 0.25) is 0 Å². The summed E-state index contributed by atoms with van der Waals surface area (Å²) in [6.07, 6.45) is -2.94. The van der Waals surface area contributed by atoms with Crippen LogP contribution in [-0.4, -0.2) is 47.6 Å². The van der Waals surface area contributed by atoms with Crippen molar-refractivity contribution in [1.82, 2.24) is 29.6 Å². The zero-order valence-electron chi connectivity index (χ0n) is 19.3. The third-order valence-electron chi connectivity index (χ3n) is 6.76. The second-order valence-corrected chi connectivity index (χ2v) is 9.17. The molecule has 2 N–H and O–H groups in total. The van der Waals surface area contributed by atoms with Crippen molar-refractivity contribution in [3.63, 3.8) is 0 Å². The van der Waals surface area contributed by atoms with Gasteiger partial charge in [0.2, 0.25) is 0 Å². The highest BCUT2D eigenvalue weighted by atomic mass is 19.4. The van der Waals surface area contributed by atoms with Gasteiger partial charge in [-0.3, -0.25) is 4.79 Å². The van der Waals surface area contributed by atoms with Gasteiger partial charge in [-0.1, -0.05) is 31.2 Å². The maximum atomic E-state index is 13.1. The molecule has 0 radical (unpaired) electrons. The summed E-state index contributed by atoms with van der Waals surface area (Å²) >= 11 is 0. The molecule has 0 unspecified atom stereocenters. The Hall–Kier alpha value is -3.21. The third kappa shape index (κ3) is 4.69. The summed E-state index contributed by atoms with van der Waals surface area (Å²) < 4.78 is 42.6. The average molecular weight is 489 g/mol. The van der Waals surface area contributed by atoms with Gasteiger partial charge in [-0.05, 0) is 24.8 Å². The highest BCUT2D eigenvalue weighted by Crippen LogP contribution is 2.34. The molecule has 1 amide bonds. The fourth-order valence-corrected chi connectivity index (χ4v) is 4.78. The zero-order chi connectivity index (χ0) is 24.7. The van der Waals surface area contributed by atoms with Crippen molar-refractivity contribution < 1.29 is 23.1 Å². The van der Waals surface area contributed by atoms with Gasteiger partial charge >= 0.3 is 6.18 Å². The Bertz CT molecular complexity index is 1230. The van der Waals surface area contributed by atoms with Crippen molar-refractivity contribution in [2.75, 3.05) is 0 Å². The first-order valence-electron chi connectivity index (χ1n) is 11.9. The van der Waals surface area contributed by atoms with E-state index < -0.39 is 18.2 Å². The van der Waals surface area contributed by atoms with E-state index in [-0.39, 0.29) is 25.3 Å². The number of aliphatic hydroxyl groups is 1. The maximum Gasteiger partial charge on any atom is 0.392 e. The molecule has 0 fully saturated rings. The number of nitrogens with one attached hydrogen (secondary N) is 1. The smallest absolute Gasteiger partial charge is 0.391 e. The van der Waals surface area contributed by atoms with Crippen molar-refractivity contribution in [2.45, 2.75) is 70.9 Å². The molecule has 2 atom stereocenters. The van der Waals surface area contributed by atoms with Gasteiger partial charge in [0.1, 0.15) is 17.3 Å². The Morgan fingerprint density at radius 1 is 1.17 bits per heavy atom. The monoisotopic (exact) mass is 488 g/mol. The molecule has 1 aromatic carbocycles. The van der Waals surface area contributed by atoms with Crippen molar-refractivity contribution >= 4 is 5.91 Å². The highest BCUT2D eigenvalue weighted by Gasteiger charge is 2.42. The molecule has 5 rings (SSSR count). The molecule has 3 aromatic rings. The van der Waals surface area contributed by atoms with Crippen molar-refractivity contribution in [2.24, 2.45) is 5.92 Å². The molecule has 11 heteroatoms. The van der Waals surface area contributed by atoms with Crippen molar-refractivity contribution in [3.05, 3.63) is 52.9 Å². The number of aryl methyl sites for hydroxylation is 3. The predicted octanol–water partition coefficient (Wildman–Crippen LogP) is 3.07. The number of hydrogen-bond donors (Lipinski definition) is 2. The Labute approximate surface area is 200 Å². The zero-order valence-corrected chi connectivity index (χ0v) is 19.3. The summed E-state index contributed by atoms with van der Waals surface area (Å²) in [6.45, 7) is 2.81. The lowest BCUT2D eigenvalue weighted by atomic mass is 9.98. The lowest BCUT2D eigenvalue weighted by molar-refractivity contribution is -0.179. The van der Waals surface area contributed by atoms with E-state index in [4.69, 9.17) is 0 Å². The fraction of sp³-hybridized carbons (Fsp3) is 0.500. The molecule has 4 heterocycles. The molecule has 35 heavy (non-hydrogen) atoms. The number of aliphatic hydroxyl groups excluding tert-OH is 1. The number of aromatic nitrogens is 5. The van der Waals surface area contributed by atoms with Crippen LogP contribution in [0.15, 0.2) is 24.3 Å². The summed E-state index contributed by atoms with van der Waals surface area (Å²) in [5, 5.41) is 17.3. The molecule has 8 nitrogen and oxygen atoms in total. The Morgan fingerprint density at radius 3 is 2.66 bits per heavy atom. The van der Waals surface area contributed by atoms with E-state index in [1.807, 2.05) is 23.6 Å². The molecule has 2 aliphatic rings. The van der Waals surface area contributed by atoms with Crippen molar-refractivity contribution in [1.29, 1.82) is 0 Å². The Balaban J connectivity index is 1.26. The topological polar surface area (TPSA) is 97.9 Å². The van der Waals surface area contributed by atoms with Crippen LogP contribution in [0.25, 0.3) is 11.4 Å². The van der Waals surface area contributed by atoms with Gasteiger partial charge in [0.25, 0.3) is 5.91 Å². The number of benzene rings is 1. The minimum atomic E-state index is -4.22. The van der Waals surface area contributed by atoms with Gasteiger partial charge < -0.3 is 15.0 Å². The molecular formula is C24H27F3N6O2. The highest BCUT2D eigenvalue weighted by molar-refractivity contribution is 5.94. The van der Waals surface area contributed by atoms with E-state index in [1.54, 1.807) is 16.8 Å². The first-order valence-corrected chi connectivity index (χ1v) is 11.9. The van der Waals surface area contributed by atoms with E-state index in [0.29, 0.717) is 55.3 Å². The molecule has 0 saturated carbocycles. The SMILES string of the molecule is CCc1nc2n(c1C(=O)NCc1ccc(-c3nc4n(n3)CC[C@H](C(F)(F)F)C4)cc1)C[C@@H](O)CC2. The quantitative estimate of drug-likeness (QED) is 0.575. The van der Waals surface area contributed by atoms with Crippen LogP contribution in [0.1, 0.15) is 53.2 Å². The minimum Gasteiger partial charge on any atom is -0.391 e. The third-order valence-corrected chi connectivity index (χ3v) is 6.76. The molecule has 2 aromatic heterocycles. The van der Waals surface area contributed by atoms with Crippen LogP contribution in [0, 0.1) is 5.92 Å². The second kappa shape index (κ2) is 9.10. The standard InChI is InChI=1S/C24H27F3N6O2/c1-2-18-21(32-13-17(34)7-8-19(32)29-18)23(35)28-12-14-3-5-15(6-4-14)22-30-20-11-16(24(25,26)27)9-10-33(20)31-22/h3-6,16-17,34H,2,7-13H2,1H3,(H,28,35)/t16-,17-/m0/s1. The summed E-state index contributed by atoms with van der Waals surface area (Å²) in [5.41, 5.74) is 2.80. The molecule has 0 saturated heterocycles. The number of carbonyl (C=O) groups is 1. The summed E-state index contributed by atoms with van der Waals surface area (Å²) in [4.78, 5) is 21.9. The van der Waals surface area contributed by atoms with Crippen LogP contribution < -0.4 is 5.32 Å². The van der Waals surface area contributed by atoms with Crippen LogP contribution in [0.5, 0.6) is 0 Å². The van der Waals surface area contributed by atoms with E-state index in [2.05, 4.69) is 20.4 Å². The Kier molecular flexibility index (Phi) is 6.12. The molecular weight excluding hydrogens is 461 g/mol. The number of imidazole rings is 1. The first-order chi connectivity index (χ1) is 16.7. The summed E-state index contributed by atoms with van der Waals surface area (Å²) in [6, 6.07) is 7.28. The van der Waals surface area contributed by atoms with Gasteiger partial charge in [0, 0.05) is 31.5 Å². The van der Waals surface area contributed by atoms with Gasteiger partial charge in [0.15, 0.2) is 5.82 Å². The van der Waals surface area contributed by atoms with Gasteiger partial charge in [-0.2, -0.15) is 18.3 Å². The van der Waals surface area contributed by atoms with Crippen molar-refractivity contribution in [3.8, 4) is 11.4 Å². The number of nitrogens with zero attached hydrogens (tertiary/aromatic N) is 5. The average Bonchev–Trinajstić information content (AvgIpc) is 3.42. The molecule has 186 valence electrons. The predicted molar refractivity (Wildman–Crippen MR) is 120 cm³/mol. The largest absolute Gasteiger partial charge is 0.392 e. The first kappa shape index (κ1) is 23.5. The van der Waals surface area contributed by atoms with Gasteiger partial charge in [-0.15, -0.1) is 0 Å². The molecule has 0 aliphatic carbocycles. The number of halogens is 3. The summed E-state index contributed by atoms with van der Waals surface area (Å²) in [7, 11) is 0. The molecule has 2 aliphatic heterocycles. The van der Waals surface area contributed by atoms with E-state index >= 15 is 0 Å². The van der Waals surface area contributed by atoms with E-state index in [1.165, 1.54) is 0 Å². The fourth-order valence-electron chi connectivity index (χ4n) is 4.78. The maximum absolute atomic E-state index is 13.1. The molecule has 0 bridgehead atoms. The summed E-state index contributed by atoms with van der Waals surface area (Å²) in [5.74, 6) is -0.0304. The van der Waals surface area contributed by atoms with Crippen LogP contribution in [-0.2, 0) is 38.9 Å². The number of hydrogen-bond acceptors (Lipinski definition) is 5. The lowest BCUT2D eigenvalue weighted by Crippen LogP contribution is -2.31. The Morgan fingerprint density at radius 2 is 1.94 bits per heavy atom. The lowest BCUT2D eigenvalue weighted by Gasteiger charge is -2.24. The molecule has 0 spiro atoms. The van der Waals surface area contributed by atoms with Gasteiger partial charge in [-0.25, -0.2) is 14.6 Å². The normalized spacial score (nSPS) is 19.8. The number of alkyl halides is 3. The van der Waals surface area contributed by atoms with E-state index in [9.17, 15) is 23.1 Å². The van der Waals surface area contributed by atoms with Gasteiger partial charge in [0.05, 0.1) is 24.3 Å². The van der Waals surface area contributed by atoms with Crippen LogP contribution in [0.3, 0.4) is 0 Å². The van der Waals surface area contributed by atoms with Crippen LogP contribution >= 0.6 is 0 Å². The number of fused-ring (bicyclic) bond motifs is 2. The van der Waals surface area contributed by atoms with E-state index in [0.717, 1.165) is 17.1 Å². The number of amides is 1. The number of rotatable bonds is 5. The van der Waals surface area contributed by atoms with Crippen LogP contribution in [0.4, 0.5) is 13.2 Å². The minimum absolute atomic E-state index is 0.0110. The number of carbonyl (C=O) groups excluding carboxylic acids is 1.